The highest BCUT2D eigenvalue weighted by Gasteiger charge is 2.15. The van der Waals surface area contributed by atoms with Crippen molar-refractivity contribution in [3.63, 3.8) is 0 Å². The molecule has 0 unspecified atom stereocenters. The van der Waals surface area contributed by atoms with E-state index in [0.717, 1.165) is 0 Å². The Hall–Kier alpha value is -1.57. The number of rotatable bonds is 2. The summed E-state index contributed by atoms with van der Waals surface area (Å²) in [5, 5.41) is 0. The Kier molecular flexibility index (Phi) is 4.29. The van der Waals surface area contributed by atoms with E-state index in [1.54, 1.807) is 5.43 Å². The van der Waals surface area contributed by atoms with Crippen molar-refractivity contribution in [2.45, 2.75) is 6.43 Å². The first kappa shape index (κ1) is 12.5. The highest BCUT2D eigenvalue weighted by Crippen LogP contribution is 2.07. The van der Waals surface area contributed by atoms with E-state index >= 15 is 0 Å². The summed E-state index contributed by atoms with van der Waals surface area (Å²) in [6, 6.07) is 2.75. The largest absolute Gasteiger partial charge is 0.317 e. The van der Waals surface area contributed by atoms with Crippen LogP contribution in [0, 0.1) is 0 Å². The van der Waals surface area contributed by atoms with E-state index < -0.39 is 18.2 Å². The van der Waals surface area contributed by atoms with Gasteiger partial charge in [0, 0.05) is 11.8 Å². The normalized spacial score (nSPS) is 10.0. The first-order chi connectivity index (χ1) is 7.50. The Labute approximate surface area is 97.3 Å². The lowest BCUT2D eigenvalue weighted by Gasteiger charge is -2.06. The first-order valence-electron chi connectivity index (χ1n) is 4.00. The van der Waals surface area contributed by atoms with Crippen LogP contribution in [0.25, 0.3) is 0 Å². The van der Waals surface area contributed by atoms with E-state index in [2.05, 4.69) is 20.9 Å². The SMILES string of the molecule is O=C(NNC(=O)C(F)F)c1ccnc(Br)c1. The second kappa shape index (κ2) is 5.50. The molecule has 2 amide bonds. The summed E-state index contributed by atoms with van der Waals surface area (Å²) in [7, 11) is 0. The second-order valence-corrected chi connectivity index (χ2v) is 3.42. The highest BCUT2D eigenvalue weighted by atomic mass is 79.9. The first-order valence-corrected chi connectivity index (χ1v) is 4.80. The summed E-state index contributed by atoms with van der Waals surface area (Å²) in [6.45, 7) is 0. The number of nitrogens with zero attached hydrogens (tertiary/aromatic N) is 1. The van der Waals surface area contributed by atoms with Crippen LogP contribution in [-0.4, -0.2) is 23.2 Å². The van der Waals surface area contributed by atoms with Crippen LogP contribution < -0.4 is 10.9 Å². The van der Waals surface area contributed by atoms with Crippen LogP contribution in [-0.2, 0) is 4.79 Å². The molecule has 8 heteroatoms. The molecule has 1 aromatic heterocycles. The van der Waals surface area contributed by atoms with E-state index in [9.17, 15) is 18.4 Å². The average molecular weight is 294 g/mol. The van der Waals surface area contributed by atoms with Crippen molar-refractivity contribution >= 4 is 27.7 Å². The smallest absolute Gasteiger partial charge is 0.267 e. The minimum Gasteiger partial charge on any atom is -0.267 e. The molecule has 1 aromatic rings. The topological polar surface area (TPSA) is 71.1 Å². The maximum Gasteiger partial charge on any atom is 0.317 e. The molecule has 0 atom stereocenters. The maximum atomic E-state index is 11.8. The summed E-state index contributed by atoms with van der Waals surface area (Å²) < 4.78 is 23.9. The minimum atomic E-state index is -3.18. The summed E-state index contributed by atoms with van der Waals surface area (Å²) in [5.74, 6) is -2.28. The lowest BCUT2D eigenvalue weighted by Crippen LogP contribution is -2.44. The van der Waals surface area contributed by atoms with Crippen LogP contribution in [0.5, 0.6) is 0 Å². The van der Waals surface area contributed by atoms with Crippen molar-refractivity contribution in [1.82, 2.24) is 15.8 Å². The molecule has 0 saturated heterocycles. The van der Waals surface area contributed by atoms with Gasteiger partial charge in [0.25, 0.3) is 5.91 Å². The molecular weight excluding hydrogens is 288 g/mol. The zero-order valence-electron chi connectivity index (χ0n) is 7.71. The Morgan fingerprint density at radius 3 is 2.62 bits per heavy atom. The number of carbonyl (C=O) groups excluding carboxylic acids is 2. The lowest BCUT2D eigenvalue weighted by molar-refractivity contribution is -0.132. The lowest BCUT2D eigenvalue weighted by atomic mass is 10.3. The summed E-state index contributed by atoms with van der Waals surface area (Å²) >= 11 is 3.04. The van der Waals surface area contributed by atoms with E-state index in [4.69, 9.17) is 0 Å². The highest BCUT2D eigenvalue weighted by molar-refractivity contribution is 9.10. The quantitative estimate of drug-likeness (QED) is 0.628. The molecule has 0 fully saturated rings. The predicted molar refractivity (Wildman–Crippen MR) is 53.5 cm³/mol. The molecule has 2 N–H and O–H groups in total. The van der Waals surface area contributed by atoms with Crippen LogP contribution in [0.4, 0.5) is 8.78 Å². The van der Waals surface area contributed by atoms with Gasteiger partial charge in [0.1, 0.15) is 4.60 Å². The molecule has 0 aliphatic rings. The van der Waals surface area contributed by atoms with Gasteiger partial charge in [-0.15, -0.1) is 0 Å². The van der Waals surface area contributed by atoms with Gasteiger partial charge in [-0.25, -0.2) is 4.98 Å². The molecule has 0 bridgehead atoms. The molecule has 16 heavy (non-hydrogen) atoms. The monoisotopic (exact) mass is 293 g/mol. The predicted octanol–water partition coefficient (Wildman–Crippen LogP) is 0.870. The van der Waals surface area contributed by atoms with Gasteiger partial charge >= 0.3 is 12.3 Å². The van der Waals surface area contributed by atoms with E-state index in [1.807, 2.05) is 5.43 Å². The molecular formula is C8H6BrF2N3O2. The third-order valence-electron chi connectivity index (χ3n) is 1.49. The third kappa shape index (κ3) is 3.54. The number of hydrazine groups is 1. The molecule has 0 aliphatic carbocycles. The Balaban J connectivity index is 2.57. The van der Waals surface area contributed by atoms with E-state index in [0.29, 0.717) is 4.60 Å². The van der Waals surface area contributed by atoms with Crippen LogP contribution in [0.15, 0.2) is 22.9 Å². The van der Waals surface area contributed by atoms with Gasteiger partial charge < -0.3 is 0 Å². The molecule has 0 aromatic carbocycles. The number of alkyl halides is 2. The van der Waals surface area contributed by atoms with Gasteiger partial charge in [-0.2, -0.15) is 8.78 Å². The van der Waals surface area contributed by atoms with Crippen LogP contribution >= 0.6 is 15.9 Å². The van der Waals surface area contributed by atoms with E-state index in [-0.39, 0.29) is 5.56 Å². The van der Waals surface area contributed by atoms with Gasteiger partial charge in [-0.1, -0.05) is 0 Å². The summed E-state index contributed by atoms with van der Waals surface area (Å²) in [5.41, 5.74) is 3.59. The summed E-state index contributed by atoms with van der Waals surface area (Å²) in [4.78, 5) is 25.5. The van der Waals surface area contributed by atoms with Gasteiger partial charge in [0.2, 0.25) is 0 Å². The van der Waals surface area contributed by atoms with Crippen LogP contribution in [0.2, 0.25) is 0 Å². The van der Waals surface area contributed by atoms with Crippen LogP contribution in [0.1, 0.15) is 10.4 Å². The van der Waals surface area contributed by atoms with Crippen molar-refractivity contribution in [1.29, 1.82) is 0 Å². The van der Waals surface area contributed by atoms with Gasteiger partial charge in [-0.3, -0.25) is 20.4 Å². The van der Waals surface area contributed by atoms with Crippen molar-refractivity contribution < 1.29 is 18.4 Å². The Morgan fingerprint density at radius 1 is 1.38 bits per heavy atom. The fourth-order valence-corrected chi connectivity index (χ4v) is 1.15. The zero-order chi connectivity index (χ0) is 12.1. The fraction of sp³-hybridized carbons (Fsp3) is 0.125. The standard InChI is InChI=1S/C8H6BrF2N3O2/c9-5-3-4(1-2-12-5)7(15)13-14-8(16)6(10)11/h1-3,6H,(H,13,15)(H,14,16). The third-order valence-corrected chi connectivity index (χ3v) is 1.92. The van der Waals surface area contributed by atoms with Gasteiger partial charge in [0.15, 0.2) is 0 Å². The number of aromatic nitrogens is 1. The average Bonchev–Trinajstić information content (AvgIpc) is 2.25. The van der Waals surface area contributed by atoms with Crippen molar-refractivity contribution in [3.05, 3.63) is 28.5 Å². The summed E-state index contributed by atoms with van der Waals surface area (Å²) in [6.07, 6.45) is -1.82. The molecule has 1 heterocycles. The molecule has 0 saturated carbocycles. The number of nitrogens with one attached hydrogen (secondary N) is 2. The minimum absolute atomic E-state index is 0.177. The second-order valence-electron chi connectivity index (χ2n) is 2.61. The number of pyridine rings is 1. The fourth-order valence-electron chi connectivity index (χ4n) is 0.789. The van der Waals surface area contributed by atoms with Crippen molar-refractivity contribution in [2.24, 2.45) is 0 Å². The number of hydrogen-bond donors (Lipinski definition) is 2. The molecule has 1 rings (SSSR count). The molecule has 0 radical (unpaired) electrons. The van der Waals surface area contributed by atoms with Crippen LogP contribution in [0.3, 0.4) is 0 Å². The number of hydrogen-bond acceptors (Lipinski definition) is 3. The van der Waals surface area contributed by atoms with Gasteiger partial charge in [0.05, 0.1) is 0 Å². The van der Waals surface area contributed by atoms with E-state index in [1.165, 1.54) is 18.3 Å². The number of halogens is 3. The molecule has 0 spiro atoms. The van der Waals surface area contributed by atoms with Crippen molar-refractivity contribution in [2.75, 3.05) is 0 Å². The number of carbonyl (C=O) groups is 2. The van der Waals surface area contributed by atoms with Crippen molar-refractivity contribution in [3.8, 4) is 0 Å². The Bertz CT molecular complexity index is 414. The molecule has 5 nitrogen and oxygen atoms in total. The maximum absolute atomic E-state index is 11.8. The molecule has 0 aliphatic heterocycles. The zero-order valence-corrected chi connectivity index (χ0v) is 9.29. The van der Waals surface area contributed by atoms with Gasteiger partial charge in [-0.05, 0) is 28.1 Å². The molecule has 86 valence electrons. The Morgan fingerprint density at radius 2 is 2.06 bits per heavy atom. The number of amides is 2.